The van der Waals surface area contributed by atoms with E-state index >= 15 is 0 Å². The van der Waals surface area contributed by atoms with Crippen LogP contribution in [0.1, 0.15) is 13.8 Å². The first-order chi connectivity index (χ1) is 5.29. The number of thioether (sulfide) groups is 1. The Bertz CT molecular complexity index is 182. The van der Waals surface area contributed by atoms with Crippen molar-refractivity contribution in [3.05, 3.63) is 17.5 Å². The van der Waals surface area contributed by atoms with Crippen LogP contribution < -0.4 is 5.32 Å². The molecule has 0 aliphatic heterocycles. The zero-order chi connectivity index (χ0) is 8.10. The van der Waals surface area contributed by atoms with Gasteiger partial charge in [0.1, 0.15) is 0 Å². The third kappa shape index (κ3) is 3.79. The van der Waals surface area contributed by atoms with Gasteiger partial charge in [0, 0.05) is 11.9 Å². The van der Waals surface area contributed by atoms with E-state index in [-0.39, 0.29) is 0 Å². The molecule has 0 aliphatic carbocycles. The van der Waals surface area contributed by atoms with E-state index < -0.39 is 0 Å². The molecule has 0 spiro atoms. The van der Waals surface area contributed by atoms with Gasteiger partial charge in [-0.15, -0.1) is 11.3 Å². The zero-order valence-corrected chi connectivity index (χ0v) is 8.47. The third-order valence-corrected chi connectivity index (χ3v) is 3.24. The second-order valence-corrected chi connectivity index (χ2v) is 4.80. The lowest BCUT2D eigenvalue weighted by Crippen LogP contribution is -2.21. The van der Waals surface area contributed by atoms with Gasteiger partial charge in [-0.3, -0.25) is 0 Å². The Hall–Kier alpha value is 0.01000. The summed E-state index contributed by atoms with van der Waals surface area (Å²) in [5.74, 6) is 1.01. The number of rotatable bonds is 4. The monoisotopic (exact) mass is 187 g/mol. The van der Waals surface area contributed by atoms with Crippen LogP contribution in [-0.2, 0) is 0 Å². The molecule has 0 fully saturated rings. The lowest BCUT2D eigenvalue weighted by Gasteiger charge is -2.05. The number of hydrogen-bond acceptors (Lipinski definition) is 3. The van der Waals surface area contributed by atoms with Crippen LogP contribution in [0.2, 0.25) is 0 Å². The second kappa shape index (κ2) is 4.80. The van der Waals surface area contributed by atoms with Crippen molar-refractivity contribution in [2.24, 2.45) is 0 Å². The maximum absolute atomic E-state index is 3.35. The van der Waals surface area contributed by atoms with Gasteiger partial charge in [0.2, 0.25) is 0 Å². The van der Waals surface area contributed by atoms with Crippen molar-refractivity contribution < 1.29 is 0 Å². The first-order valence-electron chi connectivity index (χ1n) is 3.68. The average molecular weight is 187 g/mol. The van der Waals surface area contributed by atoms with E-state index in [1.54, 1.807) is 11.3 Å². The molecule has 0 aromatic carbocycles. The molecule has 0 saturated carbocycles. The SMILES string of the molecule is CC(C)NCSc1cccs1. The van der Waals surface area contributed by atoms with E-state index in [1.807, 2.05) is 11.8 Å². The van der Waals surface area contributed by atoms with Gasteiger partial charge in [-0.25, -0.2) is 0 Å². The lowest BCUT2D eigenvalue weighted by molar-refractivity contribution is 0.655. The fraction of sp³-hybridized carbons (Fsp3) is 0.500. The molecule has 11 heavy (non-hydrogen) atoms. The van der Waals surface area contributed by atoms with E-state index in [9.17, 15) is 0 Å². The van der Waals surface area contributed by atoms with Crippen LogP contribution >= 0.6 is 23.1 Å². The highest BCUT2D eigenvalue weighted by Gasteiger charge is 1.94. The number of nitrogens with one attached hydrogen (secondary N) is 1. The number of thiophene rings is 1. The van der Waals surface area contributed by atoms with Crippen molar-refractivity contribution in [3.63, 3.8) is 0 Å². The molecule has 0 radical (unpaired) electrons. The Morgan fingerprint density at radius 1 is 1.64 bits per heavy atom. The second-order valence-electron chi connectivity index (χ2n) is 2.58. The molecule has 1 aromatic rings. The Labute approximate surface area is 76.2 Å². The topological polar surface area (TPSA) is 12.0 Å². The van der Waals surface area contributed by atoms with Gasteiger partial charge in [-0.1, -0.05) is 31.7 Å². The zero-order valence-electron chi connectivity index (χ0n) is 6.83. The van der Waals surface area contributed by atoms with Gasteiger partial charge in [0.05, 0.1) is 4.21 Å². The van der Waals surface area contributed by atoms with Crippen LogP contribution in [0, 0.1) is 0 Å². The first-order valence-corrected chi connectivity index (χ1v) is 5.55. The largest absolute Gasteiger partial charge is 0.305 e. The minimum atomic E-state index is 0.586. The van der Waals surface area contributed by atoms with E-state index in [2.05, 4.69) is 36.7 Å². The van der Waals surface area contributed by atoms with Crippen LogP contribution in [0.4, 0.5) is 0 Å². The quantitative estimate of drug-likeness (QED) is 0.574. The molecule has 0 unspecified atom stereocenters. The summed E-state index contributed by atoms with van der Waals surface area (Å²) >= 11 is 3.66. The minimum absolute atomic E-state index is 0.586. The summed E-state index contributed by atoms with van der Waals surface area (Å²) in [5, 5.41) is 5.46. The van der Waals surface area contributed by atoms with Gasteiger partial charge < -0.3 is 5.32 Å². The van der Waals surface area contributed by atoms with Crippen molar-refractivity contribution in [2.45, 2.75) is 24.1 Å². The molecule has 1 nitrogen and oxygen atoms in total. The Kier molecular flexibility index (Phi) is 3.97. The fourth-order valence-corrected chi connectivity index (χ4v) is 2.42. The van der Waals surface area contributed by atoms with Crippen LogP contribution in [0.3, 0.4) is 0 Å². The molecule has 1 rings (SSSR count). The lowest BCUT2D eigenvalue weighted by atomic mass is 10.4. The van der Waals surface area contributed by atoms with Gasteiger partial charge in [-0.05, 0) is 11.4 Å². The highest BCUT2D eigenvalue weighted by atomic mass is 32.2. The highest BCUT2D eigenvalue weighted by Crippen LogP contribution is 2.21. The summed E-state index contributed by atoms with van der Waals surface area (Å²) < 4.78 is 1.39. The van der Waals surface area contributed by atoms with Crippen molar-refractivity contribution in [3.8, 4) is 0 Å². The van der Waals surface area contributed by atoms with Gasteiger partial charge in [0.15, 0.2) is 0 Å². The van der Waals surface area contributed by atoms with Gasteiger partial charge >= 0.3 is 0 Å². The van der Waals surface area contributed by atoms with Crippen molar-refractivity contribution in [1.82, 2.24) is 5.32 Å². The van der Waals surface area contributed by atoms with E-state index in [0.29, 0.717) is 6.04 Å². The molecule has 1 heterocycles. The maximum Gasteiger partial charge on any atom is 0.0610 e. The summed E-state index contributed by atoms with van der Waals surface area (Å²) in [6.07, 6.45) is 0. The van der Waals surface area contributed by atoms with Crippen LogP contribution in [-0.4, -0.2) is 11.9 Å². The third-order valence-electron chi connectivity index (χ3n) is 1.20. The smallest absolute Gasteiger partial charge is 0.0610 e. The van der Waals surface area contributed by atoms with E-state index in [1.165, 1.54) is 4.21 Å². The number of hydrogen-bond donors (Lipinski definition) is 1. The summed E-state index contributed by atoms with van der Waals surface area (Å²) in [6.45, 7) is 4.32. The maximum atomic E-state index is 3.35. The Morgan fingerprint density at radius 2 is 2.45 bits per heavy atom. The van der Waals surface area contributed by atoms with Gasteiger partial charge in [-0.2, -0.15) is 0 Å². The summed E-state index contributed by atoms with van der Waals surface area (Å²) in [4.78, 5) is 0. The predicted molar refractivity (Wildman–Crippen MR) is 53.3 cm³/mol. The van der Waals surface area contributed by atoms with E-state index in [4.69, 9.17) is 0 Å². The van der Waals surface area contributed by atoms with Crippen LogP contribution in [0.15, 0.2) is 21.7 Å². The normalized spacial score (nSPS) is 10.8. The molecule has 0 amide bonds. The molecular formula is C8H13NS2. The van der Waals surface area contributed by atoms with Crippen LogP contribution in [0.5, 0.6) is 0 Å². The predicted octanol–water partition coefficient (Wildman–Crippen LogP) is 2.80. The summed E-state index contributed by atoms with van der Waals surface area (Å²) in [6, 6.07) is 4.82. The van der Waals surface area contributed by atoms with Crippen molar-refractivity contribution in [2.75, 3.05) is 5.88 Å². The van der Waals surface area contributed by atoms with Crippen molar-refractivity contribution in [1.29, 1.82) is 0 Å². The summed E-state index contributed by atoms with van der Waals surface area (Å²) in [5.41, 5.74) is 0. The average Bonchev–Trinajstić information content (AvgIpc) is 2.39. The molecule has 62 valence electrons. The van der Waals surface area contributed by atoms with Crippen LogP contribution in [0.25, 0.3) is 0 Å². The molecule has 0 aliphatic rings. The van der Waals surface area contributed by atoms with Crippen molar-refractivity contribution >= 4 is 23.1 Å². The first kappa shape index (κ1) is 9.10. The highest BCUT2D eigenvalue weighted by molar-refractivity contribution is 8.01. The molecule has 1 N–H and O–H groups in total. The summed E-state index contributed by atoms with van der Waals surface area (Å²) in [7, 11) is 0. The molecule has 0 bridgehead atoms. The standard InChI is InChI=1S/C8H13NS2/c1-7(2)9-6-11-8-4-3-5-10-8/h3-5,7,9H,6H2,1-2H3. The van der Waals surface area contributed by atoms with Gasteiger partial charge in [0.25, 0.3) is 0 Å². The molecular weight excluding hydrogens is 174 g/mol. The van der Waals surface area contributed by atoms with E-state index in [0.717, 1.165) is 5.88 Å². The Morgan fingerprint density at radius 3 is 3.00 bits per heavy atom. The Balaban J connectivity index is 2.14. The minimum Gasteiger partial charge on any atom is -0.305 e. The molecule has 1 aromatic heterocycles. The molecule has 0 atom stereocenters. The molecule has 3 heteroatoms. The fourth-order valence-electron chi connectivity index (χ4n) is 0.625. The molecule has 0 saturated heterocycles.